The van der Waals surface area contributed by atoms with Crippen LogP contribution in [-0.4, -0.2) is 20.7 Å². The molecule has 0 heterocycles. The Morgan fingerprint density at radius 1 is 0.846 bits per heavy atom. The summed E-state index contributed by atoms with van der Waals surface area (Å²) >= 11 is 0. The zero-order chi connectivity index (χ0) is 18.3. The molecule has 0 aliphatic rings. The third-order valence-electron chi connectivity index (χ3n) is 5.07. The van der Waals surface area contributed by atoms with E-state index in [4.69, 9.17) is 4.74 Å². The van der Waals surface area contributed by atoms with E-state index in [1.54, 1.807) is 0 Å². The summed E-state index contributed by atoms with van der Waals surface area (Å²) in [5.74, 6) is -0.127. The van der Waals surface area contributed by atoms with Crippen molar-refractivity contribution in [2.45, 2.75) is 32.1 Å². The lowest BCUT2D eigenvalue weighted by Gasteiger charge is -2.16. The zero-order valence-corrected chi connectivity index (χ0v) is 16.6. The number of carbonyl (C=O) groups is 1. The Kier molecular flexibility index (Phi) is 4.20. The van der Waals surface area contributed by atoms with E-state index in [2.05, 4.69) is 74.2 Å². The van der Waals surface area contributed by atoms with Crippen LogP contribution in [0.15, 0.2) is 54.6 Å². The van der Waals surface area contributed by atoms with Gasteiger partial charge in [-0.05, 0) is 43.9 Å². The fraction of sp³-hybridized carbons (Fsp3) is 0.261. The molecule has 0 radical (unpaired) electrons. The fourth-order valence-corrected chi connectivity index (χ4v) is 4.34. The van der Waals surface area contributed by atoms with Gasteiger partial charge in [-0.2, -0.15) is 0 Å². The van der Waals surface area contributed by atoms with Gasteiger partial charge in [0.15, 0.2) is 0 Å². The van der Waals surface area contributed by atoms with Crippen LogP contribution in [0.1, 0.15) is 5.56 Å². The molecular formula is C23H24O2Si. The Bertz CT molecular complexity index is 1080. The number of carbonyl (C=O) groups excluding carboxylic acids is 1. The molecule has 0 amide bonds. The van der Waals surface area contributed by atoms with Crippen molar-refractivity contribution in [3.8, 4) is 0 Å². The Balaban J connectivity index is 1.69. The SMILES string of the molecule is C[Si](C)(C)CCOC(=O)Cc1ccc2ccc3cccc4ccc1c2c34. The molecule has 0 fully saturated rings. The molecule has 26 heavy (non-hydrogen) atoms. The molecule has 4 rings (SSSR count). The van der Waals surface area contributed by atoms with Gasteiger partial charge in [-0.3, -0.25) is 4.79 Å². The molecule has 2 nitrogen and oxygen atoms in total. The minimum Gasteiger partial charge on any atom is -0.466 e. The van der Waals surface area contributed by atoms with Gasteiger partial charge in [0, 0.05) is 8.07 Å². The van der Waals surface area contributed by atoms with Gasteiger partial charge in [0.2, 0.25) is 0 Å². The minimum absolute atomic E-state index is 0.127. The Morgan fingerprint density at radius 2 is 1.46 bits per heavy atom. The minimum atomic E-state index is -1.18. The molecule has 0 saturated heterocycles. The van der Waals surface area contributed by atoms with Crippen LogP contribution in [-0.2, 0) is 16.0 Å². The Labute approximate surface area is 155 Å². The van der Waals surface area contributed by atoms with E-state index in [0.717, 1.165) is 17.0 Å². The van der Waals surface area contributed by atoms with Crippen molar-refractivity contribution in [3.05, 3.63) is 60.2 Å². The van der Waals surface area contributed by atoms with E-state index in [9.17, 15) is 4.79 Å². The van der Waals surface area contributed by atoms with Crippen molar-refractivity contribution < 1.29 is 9.53 Å². The van der Waals surface area contributed by atoms with Crippen LogP contribution in [0.25, 0.3) is 32.3 Å². The van der Waals surface area contributed by atoms with Crippen molar-refractivity contribution in [1.82, 2.24) is 0 Å². The predicted octanol–water partition coefficient (Wildman–Crippen LogP) is 6.01. The van der Waals surface area contributed by atoms with Crippen LogP contribution in [0.2, 0.25) is 25.7 Å². The third-order valence-corrected chi connectivity index (χ3v) is 6.77. The molecule has 0 unspecified atom stereocenters. The number of hydrogen-bond donors (Lipinski definition) is 0. The van der Waals surface area contributed by atoms with Crippen LogP contribution in [0, 0.1) is 0 Å². The van der Waals surface area contributed by atoms with Crippen LogP contribution in [0.3, 0.4) is 0 Å². The quantitative estimate of drug-likeness (QED) is 0.247. The largest absolute Gasteiger partial charge is 0.466 e. The second kappa shape index (κ2) is 6.40. The summed E-state index contributed by atoms with van der Waals surface area (Å²) in [5.41, 5.74) is 1.05. The van der Waals surface area contributed by atoms with Crippen molar-refractivity contribution in [3.63, 3.8) is 0 Å². The van der Waals surface area contributed by atoms with E-state index in [-0.39, 0.29) is 5.97 Å². The van der Waals surface area contributed by atoms with Gasteiger partial charge in [0.25, 0.3) is 0 Å². The molecule has 0 N–H and O–H groups in total. The highest BCUT2D eigenvalue weighted by molar-refractivity contribution is 6.76. The number of hydrogen-bond acceptors (Lipinski definition) is 2. The summed E-state index contributed by atoms with van der Waals surface area (Å²) < 4.78 is 5.51. The van der Waals surface area contributed by atoms with E-state index in [1.165, 1.54) is 26.9 Å². The molecule has 0 aromatic heterocycles. The van der Waals surface area contributed by atoms with E-state index in [1.807, 2.05) is 0 Å². The maximum Gasteiger partial charge on any atom is 0.310 e. The van der Waals surface area contributed by atoms with Crippen molar-refractivity contribution >= 4 is 46.4 Å². The van der Waals surface area contributed by atoms with E-state index < -0.39 is 8.07 Å². The molecule has 0 aliphatic heterocycles. The summed E-state index contributed by atoms with van der Waals surface area (Å²) in [6.07, 6.45) is 0.333. The number of esters is 1. The van der Waals surface area contributed by atoms with Gasteiger partial charge >= 0.3 is 5.97 Å². The summed E-state index contributed by atoms with van der Waals surface area (Å²) in [7, 11) is -1.18. The lowest BCUT2D eigenvalue weighted by atomic mass is 9.91. The molecule has 4 aromatic carbocycles. The normalized spacial score (nSPS) is 12.3. The van der Waals surface area contributed by atoms with Gasteiger partial charge in [-0.25, -0.2) is 0 Å². The smallest absolute Gasteiger partial charge is 0.310 e. The first-order valence-electron chi connectivity index (χ1n) is 9.23. The predicted molar refractivity (Wildman–Crippen MR) is 113 cm³/mol. The maximum atomic E-state index is 12.4. The first-order chi connectivity index (χ1) is 12.4. The Morgan fingerprint density at radius 3 is 2.15 bits per heavy atom. The van der Waals surface area contributed by atoms with Crippen molar-refractivity contribution in [2.24, 2.45) is 0 Å². The highest BCUT2D eigenvalue weighted by Gasteiger charge is 2.16. The third kappa shape index (κ3) is 3.19. The number of benzene rings is 4. The van der Waals surface area contributed by atoms with Crippen LogP contribution in [0.4, 0.5) is 0 Å². The summed E-state index contributed by atoms with van der Waals surface area (Å²) in [6.45, 7) is 7.42. The number of ether oxygens (including phenoxy) is 1. The summed E-state index contributed by atoms with van der Waals surface area (Å²) in [6, 6.07) is 20.3. The average Bonchev–Trinajstić information content (AvgIpc) is 2.60. The van der Waals surface area contributed by atoms with Crippen molar-refractivity contribution in [1.29, 1.82) is 0 Å². The average molecular weight is 361 g/mol. The molecular weight excluding hydrogens is 336 g/mol. The van der Waals surface area contributed by atoms with Crippen molar-refractivity contribution in [2.75, 3.05) is 6.61 Å². The van der Waals surface area contributed by atoms with Crippen LogP contribution < -0.4 is 0 Å². The standard InChI is InChI=1S/C23H24O2Si/c1-26(2,3)14-13-25-21(24)15-19-10-9-18-8-7-16-5-4-6-17-11-12-20(19)23(18)22(16)17/h4-12H,13-15H2,1-3H3. The van der Waals surface area contributed by atoms with Gasteiger partial charge < -0.3 is 4.74 Å². The lowest BCUT2D eigenvalue weighted by Crippen LogP contribution is -2.23. The molecule has 0 bridgehead atoms. The maximum absolute atomic E-state index is 12.4. The first kappa shape index (κ1) is 17.0. The van der Waals surface area contributed by atoms with Crippen LogP contribution >= 0.6 is 0 Å². The molecule has 132 valence electrons. The fourth-order valence-electron chi connectivity index (χ4n) is 3.63. The van der Waals surface area contributed by atoms with Gasteiger partial charge in [-0.1, -0.05) is 74.2 Å². The monoisotopic (exact) mass is 360 g/mol. The second-order valence-electron chi connectivity index (χ2n) is 8.29. The highest BCUT2D eigenvalue weighted by atomic mass is 28.3. The van der Waals surface area contributed by atoms with Gasteiger partial charge in [0.1, 0.15) is 0 Å². The highest BCUT2D eigenvalue weighted by Crippen LogP contribution is 2.36. The lowest BCUT2D eigenvalue weighted by molar-refractivity contribution is -0.142. The molecule has 0 atom stereocenters. The van der Waals surface area contributed by atoms with E-state index >= 15 is 0 Å². The molecule has 0 saturated carbocycles. The molecule has 0 aliphatic carbocycles. The van der Waals surface area contributed by atoms with Crippen LogP contribution in [0.5, 0.6) is 0 Å². The molecule has 4 aromatic rings. The molecule has 0 spiro atoms. The summed E-state index contributed by atoms with van der Waals surface area (Å²) in [4.78, 5) is 12.4. The topological polar surface area (TPSA) is 26.3 Å². The second-order valence-corrected chi connectivity index (χ2v) is 13.9. The first-order valence-corrected chi connectivity index (χ1v) is 12.9. The molecule has 3 heteroatoms. The summed E-state index contributed by atoms with van der Waals surface area (Å²) in [5, 5.41) is 7.42. The number of rotatable bonds is 5. The van der Waals surface area contributed by atoms with Gasteiger partial charge in [0.05, 0.1) is 13.0 Å². The Hall–Kier alpha value is -2.39. The zero-order valence-electron chi connectivity index (χ0n) is 15.6. The van der Waals surface area contributed by atoms with E-state index in [0.29, 0.717) is 13.0 Å². The van der Waals surface area contributed by atoms with Gasteiger partial charge in [-0.15, -0.1) is 0 Å².